The van der Waals surface area contributed by atoms with Crippen LogP contribution in [0, 0.1) is 5.41 Å². The standard InChI is InChI=1S/C16H24BN2O5.Li/c1-15(2,3)24-14(20)18-8-12-6-5-7-13(19-12)17-21-9-16(4,10-22-17)11-23-17;/h5-7H,8-11H2,1-4H3,(H,18,20);/q-1;+1. The van der Waals surface area contributed by atoms with Crippen LogP contribution in [0.25, 0.3) is 0 Å². The van der Waals surface area contributed by atoms with Crippen LogP contribution in [0.3, 0.4) is 0 Å². The molecule has 3 fully saturated rings. The third-order valence-electron chi connectivity index (χ3n) is 3.96. The monoisotopic (exact) mass is 342 g/mol. The third kappa shape index (κ3) is 4.78. The topological polar surface area (TPSA) is 78.9 Å². The van der Waals surface area contributed by atoms with Gasteiger partial charge in [-0.25, -0.2) is 4.79 Å². The maximum Gasteiger partial charge on any atom is 1.00 e. The van der Waals surface area contributed by atoms with Gasteiger partial charge in [-0.2, -0.15) is 0 Å². The van der Waals surface area contributed by atoms with E-state index in [0.29, 0.717) is 31.1 Å². The molecule has 3 saturated heterocycles. The Hall–Kier alpha value is -1.04. The molecule has 9 heteroatoms. The van der Waals surface area contributed by atoms with Crippen molar-refractivity contribution in [3.63, 3.8) is 0 Å². The first kappa shape index (κ1) is 20.3. The van der Waals surface area contributed by atoms with Crippen molar-refractivity contribution in [2.24, 2.45) is 5.41 Å². The van der Waals surface area contributed by atoms with E-state index in [1.165, 1.54) is 0 Å². The number of hydrogen-bond acceptors (Lipinski definition) is 6. The summed E-state index contributed by atoms with van der Waals surface area (Å²) in [7, 11) is 0. The SMILES string of the molecule is CC12CO[B-](c3cccc(CNC(=O)OC(C)(C)C)n3)(OC1)OC2.[Li+]. The van der Waals surface area contributed by atoms with Crippen LogP contribution >= 0.6 is 0 Å². The summed E-state index contributed by atoms with van der Waals surface area (Å²) in [6.07, 6.45) is -0.478. The molecule has 1 amide bonds. The first-order valence-electron chi connectivity index (χ1n) is 8.18. The van der Waals surface area contributed by atoms with E-state index in [2.05, 4.69) is 17.2 Å². The fourth-order valence-electron chi connectivity index (χ4n) is 2.73. The molecule has 4 rings (SSSR count). The van der Waals surface area contributed by atoms with Crippen LogP contribution in [0.4, 0.5) is 4.79 Å². The molecule has 4 heterocycles. The van der Waals surface area contributed by atoms with Crippen molar-refractivity contribution in [2.45, 2.75) is 39.8 Å². The second-order valence-electron chi connectivity index (χ2n) is 7.80. The fraction of sp³-hybridized carbons (Fsp3) is 0.625. The van der Waals surface area contributed by atoms with Gasteiger partial charge in [-0.05, 0) is 32.4 Å². The first-order valence-corrected chi connectivity index (χ1v) is 8.18. The van der Waals surface area contributed by atoms with Crippen molar-refractivity contribution in [3.8, 4) is 0 Å². The summed E-state index contributed by atoms with van der Waals surface area (Å²) in [6, 6.07) is 5.50. The minimum absolute atomic E-state index is 0. The van der Waals surface area contributed by atoms with Crippen LogP contribution < -0.4 is 29.8 Å². The van der Waals surface area contributed by atoms with Crippen molar-refractivity contribution in [1.82, 2.24) is 10.3 Å². The van der Waals surface area contributed by atoms with E-state index in [0.717, 1.165) is 0 Å². The van der Waals surface area contributed by atoms with Crippen LogP contribution in [0.2, 0.25) is 0 Å². The first-order chi connectivity index (χ1) is 11.2. The summed E-state index contributed by atoms with van der Waals surface area (Å²) in [5.41, 5.74) is 0.678. The smallest absolute Gasteiger partial charge is 0.539 e. The number of nitrogens with one attached hydrogen (secondary N) is 1. The van der Waals surface area contributed by atoms with Crippen LogP contribution in [-0.4, -0.2) is 43.3 Å². The van der Waals surface area contributed by atoms with Gasteiger partial charge in [0.05, 0.1) is 12.2 Å². The number of carbonyl (C=O) groups is 1. The molecule has 0 unspecified atom stereocenters. The van der Waals surface area contributed by atoms with Gasteiger partial charge < -0.3 is 24.0 Å². The second kappa shape index (κ2) is 7.30. The van der Waals surface area contributed by atoms with Gasteiger partial charge in [-0.15, -0.1) is 0 Å². The van der Waals surface area contributed by atoms with Crippen LogP contribution in [0.5, 0.6) is 0 Å². The summed E-state index contributed by atoms with van der Waals surface area (Å²) < 4.78 is 22.7. The van der Waals surface area contributed by atoms with Crippen LogP contribution in [0.15, 0.2) is 18.2 Å². The van der Waals surface area contributed by atoms with Gasteiger partial charge in [0.2, 0.25) is 0 Å². The Bertz CT molecular complexity index is 613. The zero-order valence-corrected chi connectivity index (χ0v) is 15.6. The molecule has 1 aromatic heterocycles. The molecule has 3 aliphatic rings. The van der Waals surface area contributed by atoms with Crippen molar-refractivity contribution in [3.05, 3.63) is 23.9 Å². The van der Waals surface area contributed by atoms with Crippen molar-refractivity contribution in [1.29, 1.82) is 0 Å². The molecular weight excluding hydrogens is 318 g/mol. The quantitative estimate of drug-likeness (QED) is 0.663. The molecule has 0 aliphatic carbocycles. The Kier molecular flexibility index (Phi) is 5.92. The summed E-state index contributed by atoms with van der Waals surface area (Å²) >= 11 is 0. The average molecular weight is 342 g/mol. The number of nitrogens with zero attached hydrogens (tertiary/aromatic N) is 1. The van der Waals surface area contributed by atoms with E-state index in [1.807, 2.05) is 39.0 Å². The molecule has 1 aromatic rings. The number of fused-ring (bicyclic) bond motifs is 3. The third-order valence-corrected chi connectivity index (χ3v) is 3.96. The Balaban J connectivity index is 0.00000225. The number of aromatic nitrogens is 1. The van der Waals surface area contributed by atoms with Crippen LogP contribution in [-0.2, 0) is 25.2 Å². The number of alkyl carbamates (subject to hydrolysis) is 1. The molecule has 25 heavy (non-hydrogen) atoms. The van der Waals surface area contributed by atoms with Gasteiger partial charge in [-0.1, -0.05) is 19.1 Å². The van der Waals surface area contributed by atoms with E-state index in [4.69, 9.17) is 18.7 Å². The molecule has 132 valence electrons. The van der Waals surface area contributed by atoms with Gasteiger partial charge in [0.1, 0.15) is 5.60 Å². The average Bonchev–Trinajstić information content (AvgIpc) is 2.53. The molecule has 7 nitrogen and oxygen atoms in total. The fourth-order valence-corrected chi connectivity index (χ4v) is 2.73. The summed E-state index contributed by atoms with van der Waals surface area (Å²) in [4.78, 5) is 16.3. The van der Waals surface area contributed by atoms with E-state index in [9.17, 15) is 4.79 Å². The number of hydrogen-bond donors (Lipinski definition) is 1. The van der Waals surface area contributed by atoms with Crippen molar-refractivity contribution < 1.29 is 42.4 Å². The zero-order valence-electron chi connectivity index (χ0n) is 15.6. The predicted octanol–water partition coefficient (Wildman–Crippen LogP) is -1.66. The maximum atomic E-state index is 11.7. The number of ether oxygens (including phenoxy) is 1. The van der Waals surface area contributed by atoms with Gasteiger partial charge in [0, 0.05) is 25.2 Å². The van der Waals surface area contributed by atoms with E-state index >= 15 is 0 Å². The number of amides is 1. The molecule has 0 spiro atoms. The number of carbonyl (C=O) groups excluding carboxylic acids is 1. The van der Waals surface area contributed by atoms with Crippen LogP contribution in [0.1, 0.15) is 33.4 Å². The minimum atomic E-state index is -1.98. The largest absolute Gasteiger partial charge is 1.00 e. The normalized spacial score (nSPS) is 28.2. The van der Waals surface area contributed by atoms with Gasteiger partial charge in [-0.3, -0.25) is 4.98 Å². The summed E-state index contributed by atoms with van der Waals surface area (Å²) in [6.45, 7) is 7.58. The Morgan fingerprint density at radius 3 is 2.44 bits per heavy atom. The molecule has 0 atom stereocenters. The predicted molar refractivity (Wildman–Crippen MR) is 88.7 cm³/mol. The minimum Gasteiger partial charge on any atom is -0.539 e. The van der Waals surface area contributed by atoms with E-state index in [-0.39, 0.29) is 30.8 Å². The second-order valence-corrected chi connectivity index (χ2v) is 7.80. The molecule has 1 N–H and O–H groups in total. The maximum absolute atomic E-state index is 11.7. The number of pyridine rings is 1. The van der Waals surface area contributed by atoms with Gasteiger partial charge in [0.25, 0.3) is 0 Å². The molecule has 2 bridgehead atoms. The van der Waals surface area contributed by atoms with Crippen molar-refractivity contribution >= 4 is 18.4 Å². The Morgan fingerprint density at radius 2 is 1.88 bits per heavy atom. The van der Waals surface area contributed by atoms with E-state index in [1.54, 1.807) is 0 Å². The molecular formula is C16H24BLiN2O5. The number of rotatable bonds is 3. The summed E-state index contributed by atoms with van der Waals surface area (Å²) in [5.74, 6) is 0. The van der Waals surface area contributed by atoms with Crippen molar-refractivity contribution in [2.75, 3.05) is 19.8 Å². The van der Waals surface area contributed by atoms with Gasteiger partial charge in [0.15, 0.2) is 0 Å². The molecule has 0 aromatic carbocycles. The Morgan fingerprint density at radius 1 is 1.28 bits per heavy atom. The zero-order chi connectivity index (χ0) is 17.4. The Labute approximate surface area is 160 Å². The summed E-state index contributed by atoms with van der Waals surface area (Å²) in [5, 5.41) is 2.69. The van der Waals surface area contributed by atoms with Gasteiger partial charge >= 0.3 is 31.7 Å². The van der Waals surface area contributed by atoms with E-state index < -0.39 is 18.4 Å². The molecule has 0 radical (unpaired) electrons. The molecule has 0 saturated carbocycles. The molecule has 3 aliphatic heterocycles.